The van der Waals surface area contributed by atoms with Crippen molar-refractivity contribution < 1.29 is 19.1 Å². The molecule has 0 aliphatic carbocycles. The van der Waals surface area contributed by atoms with Crippen LogP contribution in [-0.4, -0.2) is 64.6 Å². The molecule has 9 heteroatoms. The average molecular weight is 576 g/mol. The third kappa shape index (κ3) is 7.70. The number of para-hydroxylation sites is 1. The van der Waals surface area contributed by atoms with Gasteiger partial charge in [0.15, 0.2) is 0 Å². The molecule has 0 radical (unpaired) electrons. The topological polar surface area (TPSA) is 130 Å². The van der Waals surface area contributed by atoms with Gasteiger partial charge in [-0.25, -0.2) is 4.79 Å². The van der Waals surface area contributed by atoms with Crippen LogP contribution in [0.25, 0.3) is 10.9 Å². The molecule has 0 spiro atoms. The zero-order valence-corrected chi connectivity index (χ0v) is 25.5. The van der Waals surface area contributed by atoms with E-state index in [0.717, 1.165) is 35.7 Å². The lowest BCUT2D eigenvalue weighted by Gasteiger charge is -2.43. The van der Waals surface area contributed by atoms with Crippen LogP contribution < -0.4 is 16.4 Å². The van der Waals surface area contributed by atoms with Crippen molar-refractivity contribution in [2.45, 2.75) is 77.5 Å². The Hall–Kier alpha value is -3.85. The number of carbonyl (C=O) groups is 3. The third-order valence-electron chi connectivity index (χ3n) is 7.91. The Kier molecular flexibility index (Phi) is 9.30. The number of hydrogen-bond acceptors (Lipinski definition) is 5. The van der Waals surface area contributed by atoms with Gasteiger partial charge in [-0.3, -0.25) is 9.59 Å². The summed E-state index contributed by atoms with van der Waals surface area (Å²) < 4.78 is 5.37. The lowest BCUT2D eigenvalue weighted by Crippen LogP contribution is -2.61. The fourth-order valence-corrected chi connectivity index (χ4v) is 5.70. The van der Waals surface area contributed by atoms with E-state index in [2.05, 4.69) is 27.8 Å². The molecular formula is C33H45N5O4. The first-order valence-corrected chi connectivity index (χ1v) is 14.7. The van der Waals surface area contributed by atoms with E-state index in [0.29, 0.717) is 26.1 Å². The largest absolute Gasteiger partial charge is 0.444 e. The summed E-state index contributed by atoms with van der Waals surface area (Å²) in [5.74, 6) is -0.634. The highest BCUT2D eigenvalue weighted by Gasteiger charge is 2.40. The Labute approximate surface area is 248 Å². The van der Waals surface area contributed by atoms with Crippen molar-refractivity contribution in [1.29, 1.82) is 0 Å². The summed E-state index contributed by atoms with van der Waals surface area (Å²) in [6, 6.07) is 17.3. The fourth-order valence-electron chi connectivity index (χ4n) is 5.70. The second-order valence-corrected chi connectivity index (χ2v) is 13.1. The molecule has 1 unspecified atom stereocenters. The zero-order chi connectivity index (χ0) is 30.5. The number of amides is 3. The second-order valence-electron chi connectivity index (χ2n) is 13.1. The van der Waals surface area contributed by atoms with Crippen LogP contribution in [0.2, 0.25) is 0 Å². The number of fused-ring (bicyclic) bond motifs is 1. The first-order chi connectivity index (χ1) is 19.8. The van der Waals surface area contributed by atoms with Crippen LogP contribution in [0.4, 0.5) is 4.79 Å². The monoisotopic (exact) mass is 575 g/mol. The van der Waals surface area contributed by atoms with Crippen molar-refractivity contribution in [3.8, 4) is 0 Å². The predicted molar refractivity (Wildman–Crippen MR) is 165 cm³/mol. The molecule has 1 saturated heterocycles. The molecule has 5 N–H and O–H groups in total. The molecule has 0 bridgehead atoms. The number of aromatic amines is 1. The first-order valence-electron chi connectivity index (χ1n) is 14.7. The maximum absolute atomic E-state index is 14.2. The van der Waals surface area contributed by atoms with Crippen molar-refractivity contribution in [3.63, 3.8) is 0 Å². The number of rotatable bonds is 9. The number of hydrogen-bond donors (Lipinski definition) is 4. The van der Waals surface area contributed by atoms with Crippen LogP contribution >= 0.6 is 0 Å². The van der Waals surface area contributed by atoms with Crippen molar-refractivity contribution >= 4 is 28.8 Å². The average Bonchev–Trinajstić information content (AvgIpc) is 3.34. The summed E-state index contributed by atoms with van der Waals surface area (Å²) in [5.41, 5.74) is 7.15. The van der Waals surface area contributed by atoms with Gasteiger partial charge >= 0.3 is 6.09 Å². The van der Waals surface area contributed by atoms with Gasteiger partial charge in [-0.2, -0.15) is 0 Å². The molecular weight excluding hydrogens is 530 g/mol. The quantitative estimate of drug-likeness (QED) is 0.302. The minimum Gasteiger partial charge on any atom is -0.444 e. The normalized spacial score (nSPS) is 18.4. The van der Waals surface area contributed by atoms with Gasteiger partial charge in [-0.15, -0.1) is 0 Å². The van der Waals surface area contributed by atoms with Crippen LogP contribution in [0.15, 0.2) is 60.8 Å². The third-order valence-corrected chi connectivity index (χ3v) is 7.91. The van der Waals surface area contributed by atoms with Crippen molar-refractivity contribution in [3.05, 3.63) is 71.9 Å². The number of likely N-dealkylation sites (tertiary alicyclic amines) is 1. The van der Waals surface area contributed by atoms with Crippen LogP contribution in [0.5, 0.6) is 0 Å². The molecule has 2 atom stereocenters. The summed E-state index contributed by atoms with van der Waals surface area (Å²) in [5, 5.41) is 6.62. The van der Waals surface area contributed by atoms with Gasteiger partial charge in [-0.1, -0.05) is 48.5 Å². The first kappa shape index (κ1) is 31.1. The van der Waals surface area contributed by atoms with Crippen LogP contribution in [0.1, 0.15) is 58.6 Å². The van der Waals surface area contributed by atoms with Crippen molar-refractivity contribution in [1.82, 2.24) is 20.5 Å². The highest BCUT2D eigenvalue weighted by atomic mass is 16.6. The van der Waals surface area contributed by atoms with Crippen molar-refractivity contribution in [2.75, 3.05) is 19.6 Å². The number of piperidine rings is 1. The molecule has 1 aliphatic rings. The summed E-state index contributed by atoms with van der Waals surface area (Å²) in [6.07, 6.45) is 4.01. The number of aromatic nitrogens is 1. The molecule has 3 aromatic rings. The maximum atomic E-state index is 14.2. The highest BCUT2D eigenvalue weighted by molar-refractivity contribution is 5.94. The summed E-state index contributed by atoms with van der Waals surface area (Å²) in [6.45, 7) is 10.0. The molecule has 226 valence electrons. The molecule has 1 fully saturated rings. The lowest BCUT2D eigenvalue weighted by molar-refractivity contribution is -0.140. The van der Waals surface area contributed by atoms with E-state index < -0.39 is 29.2 Å². The Morgan fingerprint density at radius 3 is 2.43 bits per heavy atom. The number of nitrogens with two attached hydrogens (primary N) is 1. The Balaban J connectivity index is 1.57. The standard InChI is InChI=1S/C33H45N5O4/c1-31(2,3)42-30(41)37-32(4,5)29(40)36-27(18-24-20-35-26-15-10-9-14-25(24)26)28(39)38-17-11-16-33(21-34,22-38)19-23-12-7-6-8-13-23/h6-10,12-15,20,27,35H,11,16-19,21-22,34H2,1-5H3,(H,36,40)(H,37,41)/t27-,33?/m1/s1. The van der Waals surface area contributed by atoms with Gasteiger partial charge in [0.25, 0.3) is 0 Å². The van der Waals surface area contributed by atoms with Gasteiger partial charge < -0.3 is 31.0 Å². The fraction of sp³-hybridized carbons (Fsp3) is 0.485. The molecule has 2 aromatic carbocycles. The maximum Gasteiger partial charge on any atom is 0.408 e. The van der Waals surface area contributed by atoms with E-state index in [4.69, 9.17) is 10.5 Å². The van der Waals surface area contributed by atoms with Crippen LogP contribution in [0.3, 0.4) is 0 Å². The molecule has 1 aromatic heterocycles. The Bertz CT molecular complexity index is 1390. The molecule has 0 saturated carbocycles. The van der Waals surface area contributed by atoms with Gasteiger partial charge in [-0.05, 0) is 77.6 Å². The summed E-state index contributed by atoms with van der Waals surface area (Å²) in [7, 11) is 0. The van der Waals surface area contributed by atoms with Gasteiger partial charge in [0.05, 0.1) is 0 Å². The number of nitrogens with zero attached hydrogens (tertiary/aromatic N) is 1. The Morgan fingerprint density at radius 2 is 1.74 bits per heavy atom. The van der Waals surface area contributed by atoms with E-state index in [9.17, 15) is 14.4 Å². The molecule has 1 aliphatic heterocycles. The minimum atomic E-state index is -1.32. The number of benzene rings is 2. The van der Waals surface area contributed by atoms with Crippen LogP contribution in [-0.2, 0) is 27.2 Å². The van der Waals surface area contributed by atoms with Gasteiger partial charge in [0.1, 0.15) is 17.2 Å². The molecule has 3 amide bonds. The molecule has 2 heterocycles. The molecule has 9 nitrogen and oxygen atoms in total. The van der Waals surface area contributed by atoms with E-state index in [-0.39, 0.29) is 11.3 Å². The zero-order valence-electron chi connectivity index (χ0n) is 25.5. The smallest absolute Gasteiger partial charge is 0.408 e. The van der Waals surface area contributed by atoms with Crippen LogP contribution in [0, 0.1) is 5.41 Å². The number of ether oxygens (including phenoxy) is 1. The van der Waals surface area contributed by atoms with E-state index in [1.807, 2.05) is 53.6 Å². The number of H-pyrrole nitrogens is 1. The number of carbonyl (C=O) groups excluding carboxylic acids is 3. The van der Waals surface area contributed by atoms with E-state index in [1.165, 1.54) is 5.56 Å². The van der Waals surface area contributed by atoms with E-state index in [1.54, 1.807) is 34.6 Å². The highest BCUT2D eigenvalue weighted by Crippen LogP contribution is 2.33. The SMILES string of the molecule is CC(C)(C)OC(=O)NC(C)(C)C(=O)N[C@H](Cc1c[nH]c2ccccc12)C(=O)N1CCCC(CN)(Cc2ccccc2)C1. The minimum absolute atomic E-state index is 0.160. The van der Waals surface area contributed by atoms with Gasteiger partial charge in [0, 0.05) is 42.0 Å². The molecule has 4 rings (SSSR count). The Morgan fingerprint density at radius 1 is 1.05 bits per heavy atom. The second kappa shape index (κ2) is 12.6. The number of alkyl carbamates (subject to hydrolysis) is 1. The number of nitrogens with one attached hydrogen (secondary N) is 3. The summed E-state index contributed by atoms with van der Waals surface area (Å²) >= 11 is 0. The van der Waals surface area contributed by atoms with E-state index >= 15 is 0 Å². The summed E-state index contributed by atoms with van der Waals surface area (Å²) in [4.78, 5) is 45.5. The van der Waals surface area contributed by atoms with Gasteiger partial charge in [0.2, 0.25) is 11.8 Å². The predicted octanol–water partition coefficient (Wildman–Crippen LogP) is 4.31. The van der Waals surface area contributed by atoms with Crippen molar-refractivity contribution in [2.24, 2.45) is 11.1 Å². The lowest BCUT2D eigenvalue weighted by atomic mass is 9.75. The molecule has 42 heavy (non-hydrogen) atoms.